The highest BCUT2D eigenvalue weighted by atomic mass is 16.5. The summed E-state index contributed by atoms with van der Waals surface area (Å²) in [6.45, 7) is 1.48. The summed E-state index contributed by atoms with van der Waals surface area (Å²) < 4.78 is 16.4. The third-order valence-electron chi connectivity index (χ3n) is 4.29. The Kier molecular flexibility index (Phi) is 8.19. The molecule has 1 aliphatic rings. The van der Waals surface area contributed by atoms with Crippen molar-refractivity contribution in [2.75, 3.05) is 53.3 Å². The molecule has 1 heterocycles. The Morgan fingerprint density at radius 2 is 2.04 bits per heavy atom. The molecular formula is C19H30N4O4. The normalized spacial score (nSPS) is 17.2. The van der Waals surface area contributed by atoms with E-state index in [9.17, 15) is 4.79 Å². The molecule has 0 spiro atoms. The molecule has 1 aromatic carbocycles. The van der Waals surface area contributed by atoms with Crippen molar-refractivity contribution < 1.29 is 19.0 Å². The van der Waals surface area contributed by atoms with Gasteiger partial charge in [-0.25, -0.2) is 4.99 Å². The zero-order chi connectivity index (χ0) is 19.6. The van der Waals surface area contributed by atoms with Crippen LogP contribution in [-0.2, 0) is 9.53 Å². The maximum absolute atomic E-state index is 11.9. The van der Waals surface area contributed by atoms with Crippen LogP contribution in [0.25, 0.3) is 0 Å². The SMILES string of the molecule is COc1ccc(NC(=NCC(=O)N(C)C)NCC2CCCCO2)cc1OC. The van der Waals surface area contributed by atoms with Gasteiger partial charge in [0.25, 0.3) is 0 Å². The number of benzene rings is 1. The number of hydrogen-bond acceptors (Lipinski definition) is 5. The summed E-state index contributed by atoms with van der Waals surface area (Å²) in [5, 5.41) is 6.49. The van der Waals surface area contributed by atoms with Crippen molar-refractivity contribution in [3.63, 3.8) is 0 Å². The zero-order valence-electron chi connectivity index (χ0n) is 16.6. The van der Waals surface area contributed by atoms with Crippen molar-refractivity contribution >= 4 is 17.6 Å². The summed E-state index contributed by atoms with van der Waals surface area (Å²) in [7, 11) is 6.60. The second kappa shape index (κ2) is 10.6. The number of anilines is 1. The van der Waals surface area contributed by atoms with Gasteiger partial charge in [-0.2, -0.15) is 0 Å². The Morgan fingerprint density at radius 1 is 1.26 bits per heavy atom. The Labute approximate surface area is 160 Å². The van der Waals surface area contributed by atoms with Crippen molar-refractivity contribution in [1.29, 1.82) is 0 Å². The van der Waals surface area contributed by atoms with Gasteiger partial charge in [0.05, 0.1) is 20.3 Å². The number of nitrogens with zero attached hydrogens (tertiary/aromatic N) is 2. The molecule has 0 saturated carbocycles. The number of amides is 1. The second-order valence-electron chi connectivity index (χ2n) is 6.52. The van der Waals surface area contributed by atoms with E-state index in [1.54, 1.807) is 28.3 Å². The highest BCUT2D eigenvalue weighted by molar-refractivity contribution is 5.95. The van der Waals surface area contributed by atoms with Gasteiger partial charge in [-0.05, 0) is 31.4 Å². The van der Waals surface area contributed by atoms with Crippen molar-refractivity contribution in [2.45, 2.75) is 25.4 Å². The molecular weight excluding hydrogens is 348 g/mol. The smallest absolute Gasteiger partial charge is 0.243 e. The lowest BCUT2D eigenvalue weighted by Crippen LogP contribution is -2.39. The minimum atomic E-state index is -0.0719. The highest BCUT2D eigenvalue weighted by Crippen LogP contribution is 2.29. The molecule has 0 aliphatic carbocycles. The minimum Gasteiger partial charge on any atom is -0.493 e. The summed E-state index contributed by atoms with van der Waals surface area (Å²) in [5.74, 6) is 1.71. The summed E-state index contributed by atoms with van der Waals surface area (Å²) in [6.07, 6.45) is 3.45. The van der Waals surface area contributed by atoms with Gasteiger partial charge in [0.2, 0.25) is 5.91 Å². The van der Waals surface area contributed by atoms with E-state index >= 15 is 0 Å². The van der Waals surface area contributed by atoms with Gasteiger partial charge in [0, 0.05) is 39.0 Å². The lowest BCUT2D eigenvalue weighted by atomic mass is 10.1. The molecule has 2 N–H and O–H groups in total. The number of methoxy groups -OCH3 is 2. The Morgan fingerprint density at radius 3 is 2.67 bits per heavy atom. The van der Waals surface area contributed by atoms with E-state index in [1.807, 2.05) is 18.2 Å². The number of aliphatic imine (C=N–C) groups is 1. The van der Waals surface area contributed by atoms with Gasteiger partial charge in [-0.1, -0.05) is 0 Å². The van der Waals surface area contributed by atoms with Gasteiger partial charge in [-0.3, -0.25) is 4.79 Å². The third kappa shape index (κ3) is 6.63. The fraction of sp³-hybridized carbons (Fsp3) is 0.579. The highest BCUT2D eigenvalue weighted by Gasteiger charge is 2.15. The molecule has 0 bridgehead atoms. The molecule has 1 unspecified atom stereocenters. The molecule has 2 rings (SSSR count). The van der Waals surface area contributed by atoms with Crippen LogP contribution in [-0.4, -0.2) is 70.9 Å². The lowest BCUT2D eigenvalue weighted by molar-refractivity contribution is -0.127. The predicted molar refractivity (Wildman–Crippen MR) is 106 cm³/mol. The fourth-order valence-electron chi connectivity index (χ4n) is 2.66. The van der Waals surface area contributed by atoms with Gasteiger partial charge in [0.1, 0.15) is 6.54 Å². The number of carbonyl (C=O) groups is 1. The van der Waals surface area contributed by atoms with Crippen LogP contribution in [0.5, 0.6) is 11.5 Å². The molecule has 1 atom stereocenters. The predicted octanol–water partition coefficient (Wildman–Crippen LogP) is 1.72. The number of rotatable bonds is 7. The molecule has 8 heteroatoms. The van der Waals surface area contributed by atoms with E-state index in [0.29, 0.717) is 24.0 Å². The summed E-state index contributed by atoms with van der Waals surface area (Å²) in [4.78, 5) is 17.8. The maximum Gasteiger partial charge on any atom is 0.243 e. The van der Waals surface area contributed by atoms with E-state index in [1.165, 1.54) is 11.3 Å². The van der Waals surface area contributed by atoms with Crippen LogP contribution in [0.2, 0.25) is 0 Å². The number of likely N-dealkylation sites (N-methyl/N-ethyl adjacent to an activating group) is 1. The number of carbonyl (C=O) groups excluding carboxylic acids is 1. The molecule has 1 amide bonds. The monoisotopic (exact) mass is 378 g/mol. The van der Waals surface area contributed by atoms with Crippen LogP contribution in [0.4, 0.5) is 5.69 Å². The standard InChI is InChI=1S/C19H30N4O4/c1-23(2)18(24)13-21-19(20-12-15-7-5-6-10-27-15)22-14-8-9-16(25-3)17(11-14)26-4/h8-9,11,15H,5-7,10,12-13H2,1-4H3,(H2,20,21,22). The van der Waals surface area contributed by atoms with E-state index in [4.69, 9.17) is 14.2 Å². The van der Waals surface area contributed by atoms with Crippen molar-refractivity contribution in [3.8, 4) is 11.5 Å². The average Bonchev–Trinajstić information content (AvgIpc) is 2.70. The molecule has 27 heavy (non-hydrogen) atoms. The molecule has 1 fully saturated rings. The van der Waals surface area contributed by atoms with Crippen LogP contribution >= 0.6 is 0 Å². The van der Waals surface area contributed by atoms with Gasteiger partial charge < -0.3 is 29.7 Å². The molecule has 1 saturated heterocycles. The van der Waals surface area contributed by atoms with E-state index in [0.717, 1.165) is 25.1 Å². The first kappa shape index (κ1) is 20.8. The van der Waals surface area contributed by atoms with Crippen LogP contribution in [0, 0.1) is 0 Å². The Bertz CT molecular complexity index is 643. The van der Waals surface area contributed by atoms with Crippen molar-refractivity contribution in [1.82, 2.24) is 10.2 Å². The average molecular weight is 378 g/mol. The largest absolute Gasteiger partial charge is 0.493 e. The number of ether oxygens (including phenoxy) is 3. The van der Waals surface area contributed by atoms with E-state index in [2.05, 4.69) is 15.6 Å². The minimum absolute atomic E-state index is 0.0567. The topological polar surface area (TPSA) is 84.4 Å². The zero-order valence-corrected chi connectivity index (χ0v) is 16.6. The first-order valence-corrected chi connectivity index (χ1v) is 9.12. The number of hydrogen-bond donors (Lipinski definition) is 2. The van der Waals surface area contributed by atoms with Gasteiger partial charge in [-0.15, -0.1) is 0 Å². The lowest BCUT2D eigenvalue weighted by Gasteiger charge is -2.24. The second-order valence-corrected chi connectivity index (χ2v) is 6.52. The first-order chi connectivity index (χ1) is 13.0. The van der Waals surface area contributed by atoms with Crippen LogP contribution in [0.15, 0.2) is 23.2 Å². The summed E-state index contributed by atoms with van der Waals surface area (Å²) >= 11 is 0. The van der Waals surface area contributed by atoms with Crippen LogP contribution in [0.3, 0.4) is 0 Å². The van der Waals surface area contributed by atoms with Crippen molar-refractivity contribution in [3.05, 3.63) is 18.2 Å². The Hall–Kier alpha value is -2.48. The fourth-order valence-corrected chi connectivity index (χ4v) is 2.66. The first-order valence-electron chi connectivity index (χ1n) is 9.12. The molecule has 1 aliphatic heterocycles. The summed E-state index contributed by atoms with van der Waals surface area (Å²) in [5.41, 5.74) is 0.778. The molecule has 0 radical (unpaired) electrons. The van der Waals surface area contributed by atoms with Gasteiger partial charge >= 0.3 is 0 Å². The third-order valence-corrected chi connectivity index (χ3v) is 4.29. The Balaban J connectivity index is 2.08. The molecule has 8 nitrogen and oxygen atoms in total. The quantitative estimate of drug-likeness (QED) is 0.555. The van der Waals surface area contributed by atoms with E-state index in [-0.39, 0.29) is 18.6 Å². The number of guanidine groups is 1. The van der Waals surface area contributed by atoms with Gasteiger partial charge in [0.15, 0.2) is 17.5 Å². The van der Waals surface area contributed by atoms with E-state index < -0.39 is 0 Å². The molecule has 1 aromatic rings. The molecule has 0 aromatic heterocycles. The van der Waals surface area contributed by atoms with Crippen LogP contribution in [0.1, 0.15) is 19.3 Å². The summed E-state index contributed by atoms with van der Waals surface area (Å²) in [6, 6.07) is 5.50. The maximum atomic E-state index is 11.9. The molecule has 150 valence electrons. The van der Waals surface area contributed by atoms with Crippen molar-refractivity contribution in [2.24, 2.45) is 4.99 Å². The van der Waals surface area contributed by atoms with Crippen LogP contribution < -0.4 is 20.1 Å². The number of nitrogens with one attached hydrogen (secondary N) is 2.